The Hall–Kier alpha value is -1.69. The summed E-state index contributed by atoms with van der Waals surface area (Å²) in [6.07, 6.45) is -2.17. The molecule has 1 aromatic carbocycles. The maximum Gasteiger partial charge on any atom is 0.407 e. The summed E-state index contributed by atoms with van der Waals surface area (Å²) in [5, 5.41) is 18.4. The number of aliphatic hydroxyl groups excluding tert-OH is 1. The van der Waals surface area contributed by atoms with Gasteiger partial charge in [-0.25, -0.2) is 13.6 Å². The van der Waals surface area contributed by atoms with Gasteiger partial charge in [0, 0.05) is 30.6 Å². The minimum Gasteiger partial charge on any atom is -0.465 e. The average molecular weight is 243 g/mol. The summed E-state index contributed by atoms with van der Waals surface area (Å²) in [4.78, 5) is 11.6. The van der Waals surface area contributed by atoms with E-state index in [4.69, 9.17) is 5.11 Å². The molecule has 1 aliphatic heterocycles. The zero-order chi connectivity index (χ0) is 12.6. The molecule has 2 rings (SSSR count). The second-order valence-corrected chi connectivity index (χ2v) is 4.06. The van der Waals surface area contributed by atoms with E-state index in [1.807, 2.05) is 0 Å². The summed E-state index contributed by atoms with van der Waals surface area (Å²) >= 11 is 0. The second kappa shape index (κ2) is 4.29. The van der Waals surface area contributed by atoms with E-state index in [0.717, 1.165) is 11.0 Å². The van der Waals surface area contributed by atoms with Crippen molar-refractivity contribution in [1.29, 1.82) is 0 Å². The lowest BCUT2D eigenvalue weighted by Crippen LogP contribution is -2.51. The Kier molecular flexibility index (Phi) is 2.97. The van der Waals surface area contributed by atoms with E-state index in [-0.39, 0.29) is 24.6 Å². The molecule has 0 aliphatic carbocycles. The van der Waals surface area contributed by atoms with Crippen LogP contribution in [-0.4, -0.2) is 34.3 Å². The first-order valence-electron chi connectivity index (χ1n) is 5.10. The molecule has 0 saturated carbocycles. The molecule has 0 radical (unpaired) electrons. The number of benzene rings is 1. The molecular weight excluding hydrogens is 232 g/mol. The second-order valence-electron chi connectivity index (χ2n) is 4.06. The summed E-state index contributed by atoms with van der Waals surface area (Å²) in [5.41, 5.74) is 0.00133. The molecule has 0 aromatic heterocycles. The lowest BCUT2D eigenvalue weighted by Gasteiger charge is -2.39. The van der Waals surface area contributed by atoms with Crippen molar-refractivity contribution in [2.24, 2.45) is 5.92 Å². The number of amides is 1. The van der Waals surface area contributed by atoms with Crippen LogP contribution in [0.5, 0.6) is 0 Å². The fourth-order valence-corrected chi connectivity index (χ4v) is 1.86. The molecule has 2 N–H and O–H groups in total. The molecule has 1 unspecified atom stereocenters. The van der Waals surface area contributed by atoms with Gasteiger partial charge < -0.3 is 15.1 Å². The number of rotatable bonds is 2. The highest BCUT2D eigenvalue weighted by molar-refractivity contribution is 5.66. The first-order valence-corrected chi connectivity index (χ1v) is 5.10. The molecule has 17 heavy (non-hydrogen) atoms. The molecule has 1 aromatic rings. The van der Waals surface area contributed by atoms with E-state index >= 15 is 0 Å². The van der Waals surface area contributed by atoms with Gasteiger partial charge in [-0.05, 0) is 6.07 Å². The first kappa shape index (κ1) is 11.8. The van der Waals surface area contributed by atoms with Crippen LogP contribution in [0.4, 0.5) is 13.6 Å². The quantitative estimate of drug-likeness (QED) is 0.829. The highest BCUT2D eigenvalue weighted by atomic mass is 19.1. The van der Waals surface area contributed by atoms with E-state index in [9.17, 15) is 18.7 Å². The lowest BCUT2D eigenvalue weighted by molar-refractivity contribution is 0.00127. The third-order valence-corrected chi connectivity index (χ3v) is 2.91. The van der Waals surface area contributed by atoms with Crippen LogP contribution in [-0.2, 0) is 0 Å². The Morgan fingerprint density at radius 1 is 1.41 bits per heavy atom. The number of aliphatic hydroxyl groups is 1. The van der Waals surface area contributed by atoms with E-state index < -0.39 is 23.8 Å². The Morgan fingerprint density at radius 2 is 2.06 bits per heavy atom. The topological polar surface area (TPSA) is 60.8 Å². The van der Waals surface area contributed by atoms with Crippen LogP contribution in [0.1, 0.15) is 11.7 Å². The number of hydrogen-bond acceptors (Lipinski definition) is 2. The number of carbonyl (C=O) groups is 1. The monoisotopic (exact) mass is 243 g/mol. The fourth-order valence-electron chi connectivity index (χ4n) is 1.86. The van der Waals surface area contributed by atoms with E-state index in [0.29, 0.717) is 6.07 Å². The van der Waals surface area contributed by atoms with Crippen LogP contribution in [0, 0.1) is 17.6 Å². The minimum absolute atomic E-state index is 0.00133. The lowest BCUT2D eigenvalue weighted by atomic mass is 9.89. The molecule has 92 valence electrons. The van der Waals surface area contributed by atoms with Crippen LogP contribution in [0.2, 0.25) is 0 Å². The fraction of sp³-hybridized carbons (Fsp3) is 0.364. The standard InChI is InChI=1S/C11H11F2NO3/c12-7-1-2-8(9(13)3-7)10(15)6-4-14(5-6)11(16)17/h1-3,6,10,15H,4-5H2,(H,16,17). The third-order valence-electron chi connectivity index (χ3n) is 2.91. The van der Waals surface area contributed by atoms with Gasteiger partial charge in [-0.3, -0.25) is 0 Å². The Labute approximate surface area is 96.1 Å². The average Bonchev–Trinajstić information content (AvgIpc) is 2.13. The Bertz CT molecular complexity index is 446. The molecule has 1 atom stereocenters. The van der Waals surface area contributed by atoms with Crippen LogP contribution < -0.4 is 0 Å². The van der Waals surface area contributed by atoms with Crippen molar-refractivity contribution < 1.29 is 23.8 Å². The van der Waals surface area contributed by atoms with Crippen LogP contribution in [0.15, 0.2) is 18.2 Å². The number of carboxylic acid groups (broad SMARTS) is 1. The summed E-state index contributed by atoms with van der Waals surface area (Å²) < 4.78 is 26.0. The summed E-state index contributed by atoms with van der Waals surface area (Å²) in [6.45, 7) is 0.320. The van der Waals surface area contributed by atoms with Gasteiger partial charge in [0.15, 0.2) is 0 Å². The van der Waals surface area contributed by atoms with Gasteiger partial charge in [-0.2, -0.15) is 0 Å². The molecule has 1 fully saturated rings. The van der Waals surface area contributed by atoms with E-state index in [2.05, 4.69) is 0 Å². The van der Waals surface area contributed by atoms with Crippen LogP contribution >= 0.6 is 0 Å². The number of likely N-dealkylation sites (tertiary alicyclic amines) is 1. The predicted molar refractivity (Wildman–Crippen MR) is 54.4 cm³/mol. The van der Waals surface area contributed by atoms with Gasteiger partial charge in [0.25, 0.3) is 0 Å². The Morgan fingerprint density at radius 3 is 2.59 bits per heavy atom. The van der Waals surface area contributed by atoms with Gasteiger partial charge in [0.1, 0.15) is 11.6 Å². The molecule has 1 amide bonds. The van der Waals surface area contributed by atoms with Gasteiger partial charge in [0.2, 0.25) is 0 Å². The molecule has 0 bridgehead atoms. The van der Waals surface area contributed by atoms with Gasteiger partial charge in [-0.1, -0.05) is 6.07 Å². The molecular formula is C11H11F2NO3. The van der Waals surface area contributed by atoms with E-state index in [1.54, 1.807) is 0 Å². The van der Waals surface area contributed by atoms with Gasteiger partial charge in [0.05, 0.1) is 6.10 Å². The largest absolute Gasteiger partial charge is 0.465 e. The van der Waals surface area contributed by atoms with E-state index in [1.165, 1.54) is 6.07 Å². The normalized spacial score (nSPS) is 17.7. The maximum atomic E-state index is 13.3. The maximum absolute atomic E-state index is 13.3. The molecule has 1 aliphatic rings. The molecule has 4 nitrogen and oxygen atoms in total. The highest BCUT2D eigenvalue weighted by Crippen LogP contribution is 2.31. The van der Waals surface area contributed by atoms with Crippen LogP contribution in [0.3, 0.4) is 0 Å². The minimum atomic E-state index is -1.11. The van der Waals surface area contributed by atoms with Gasteiger partial charge in [-0.15, -0.1) is 0 Å². The number of hydrogen-bond donors (Lipinski definition) is 2. The first-order chi connectivity index (χ1) is 7.99. The molecule has 6 heteroatoms. The smallest absolute Gasteiger partial charge is 0.407 e. The third kappa shape index (κ3) is 2.21. The number of halogens is 2. The van der Waals surface area contributed by atoms with Crippen molar-refractivity contribution >= 4 is 6.09 Å². The summed E-state index contributed by atoms with van der Waals surface area (Å²) in [7, 11) is 0. The Balaban J connectivity index is 2.06. The van der Waals surface area contributed by atoms with Crippen molar-refractivity contribution in [3.05, 3.63) is 35.4 Å². The zero-order valence-electron chi connectivity index (χ0n) is 8.81. The zero-order valence-corrected chi connectivity index (χ0v) is 8.81. The molecule has 1 heterocycles. The molecule has 0 spiro atoms. The van der Waals surface area contributed by atoms with Crippen molar-refractivity contribution in [2.45, 2.75) is 6.10 Å². The predicted octanol–water partition coefficient (Wildman–Crippen LogP) is 1.61. The summed E-state index contributed by atoms with van der Waals surface area (Å²) in [6, 6.07) is 2.94. The summed E-state index contributed by atoms with van der Waals surface area (Å²) in [5.74, 6) is -1.86. The molecule has 1 saturated heterocycles. The van der Waals surface area contributed by atoms with Gasteiger partial charge >= 0.3 is 6.09 Å². The van der Waals surface area contributed by atoms with Crippen LogP contribution in [0.25, 0.3) is 0 Å². The van der Waals surface area contributed by atoms with Crippen molar-refractivity contribution in [3.63, 3.8) is 0 Å². The van der Waals surface area contributed by atoms with Crippen molar-refractivity contribution in [1.82, 2.24) is 4.90 Å². The SMILES string of the molecule is O=C(O)N1CC(C(O)c2ccc(F)cc2F)C1. The highest BCUT2D eigenvalue weighted by Gasteiger charge is 2.36. The number of nitrogens with zero attached hydrogens (tertiary/aromatic N) is 1. The van der Waals surface area contributed by atoms with Crippen molar-refractivity contribution in [2.75, 3.05) is 13.1 Å². The van der Waals surface area contributed by atoms with Crippen molar-refractivity contribution in [3.8, 4) is 0 Å².